The molecule has 1 aliphatic heterocycles. The third-order valence-electron chi connectivity index (χ3n) is 6.15. The predicted octanol–water partition coefficient (Wildman–Crippen LogP) is 4.93. The van der Waals surface area contributed by atoms with Gasteiger partial charge in [-0.15, -0.1) is 11.3 Å². The maximum absolute atomic E-state index is 5.66. The van der Waals surface area contributed by atoms with E-state index in [-0.39, 0.29) is 6.17 Å². The number of hydrogen-bond acceptors (Lipinski definition) is 7. The summed E-state index contributed by atoms with van der Waals surface area (Å²) in [4.78, 5) is 9.21. The standard InChI is InChI=1S/C23H28N6OS/c1-4-29-22(17-7-5-6-8-18(17)27-29)26-23-25-19(13-31-23)16-9-10-20(21(11-16)30-3)28-12-15(2)24-14-28/h9-14,17,22H,4-8H2,1-3H3,(H,25,26). The van der Waals surface area contributed by atoms with Crippen LogP contribution >= 0.6 is 11.3 Å². The molecule has 8 heteroatoms. The van der Waals surface area contributed by atoms with E-state index < -0.39 is 0 Å². The Morgan fingerprint density at radius 1 is 1.29 bits per heavy atom. The first kappa shape index (κ1) is 20.1. The highest BCUT2D eigenvalue weighted by atomic mass is 32.1. The minimum atomic E-state index is 0.209. The molecule has 0 spiro atoms. The molecule has 2 aromatic heterocycles. The fourth-order valence-electron chi connectivity index (χ4n) is 4.57. The summed E-state index contributed by atoms with van der Waals surface area (Å²) in [5.74, 6) is 1.30. The van der Waals surface area contributed by atoms with E-state index in [4.69, 9.17) is 14.8 Å². The molecule has 3 aromatic rings. The second-order valence-electron chi connectivity index (χ2n) is 8.14. The van der Waals surface area contributed by atoms with E-state index in [0.29, 0.717) is 5.92 Å². The van der Waals surface area contributed by atoms with Crippen LogP contribution in [0.25, 0.3) is 16.9 Å². The molecular formula is C23H28N6OS. The van der Waals surface area contributed by atoms with E-state index in [1.807, 2.05) is 23.8 Å². The van der Waals surface area contributed by atoms with Crippen LogP contribution in [0, 0.1) is 12.8 Å². The zero-order valence-electron chi connectivity index (χ0n) is 18.2. The summed E-state index contributed by atoms with van der Waals surface area (Å²) in [6, 6.07) is 6.18. The highest BCUT2D eigenvalue weighted by molar-refractivity contribution is 7.14. The molecule has 3 heterocycles. The van der Waals surface area contributed by atoms with E-state index in [1.165, 1.54) is 25.0 Å². The van der Waals surface area contributed by atoms with Crippen LogP contribution in [0.5, 0.6) is 5.75 Å². The van der Waals surface area contributed by atoms with Gasteiger partial charge in [0.05, 0.1) is 30.5 Å². The third kappa shape index (κ3) is 3.80. The molecule has 1 N–H and O–H groups in total. The second-order valence-corrected chi connectivity index (χ2v) is 8.99. The molecule has 0 bridgehead atoms. The van der Waals surface area contributed by atoms with E-state index in [2.05, 4.69) is 39.7 Å². The summed E-state index contributed by atoms with van der Waals surface area (Å²) in [5, 5.41) is 13.8. The van der Waals surface area contributed by atoms with E-state index in [0.717, 1.165) is 46.5 Å². The maximum Gasteiger partial charge on any atom is 0.184 e. The number of anilines is 1. The highest BCUT2D eigenvalue weighted by Crippen LogP contribution is 2.36. The fourth-order valence-corrected chi connectivity index (χ4v) is 5.32. The average molecular weight is 437 g/mol. The first-order valence-corrected chi connectivity index (χ1v) is 11.8. The van der Waals surface area contributed by atoms with Gasteiger partial charge in [0.1, 0.15) is 11.9 Å². The number of methoxy groups -OCH3 is 1. The van der Waals surface area contributed by atoms with Crippen LogP contribution in [0.2, 0.25) is 0 Å². The smallest absolute Gasteiger partial charge is 0.184 e. The highest BCUT2D eigenvalue weighted by Gasteiger charge is 2.38. The number of fused-ring (bicyclic) bond motifs is 1. The summed E-state index contributed by atoms with van der Waals surface area (Å²) in [7, 11) is 1.70. The van der Waals surface area contributed by atoms with Crippen molar-refractivity contribution in [2.45, 2.75) is 45.7 Å². The van der Waals surface area contributed by atoms with Gasteiger partial charge in [0, 0.05) is 35.3 Å². The molecule has 31 heavy (non-hydrogen) atoms. The van der Waals surface area contributed by atoms with Crippen molar-refractivity contribution in [3.63, 3.8) is 0 Å². The number of nitrogens with zero attached hydrogens (tertiary/aromatic N) is 5. The Bertz CT molecular complexity index is 1100. The molecule has 5 rings (SSSR count). The van der Waals surface area contributed by atoms with Crippen LogP contribution in [0.15, 0.2) is 41.2 Å². The van der Waals surface area contributed by atoms with Crippen LogP contribution in [-0.2, 0) is 0 Å². The molecule has 1 aliphatic carbocycles. The van der Waals surface area contributed by atoms with Crippen LogP contribution in [0.4, 0.5) is 5.13 Å². The molecule has 0 amide bonds. The van der Waals surface area contributed by atoms with Crippen molar-refractivity contribution >= 4 is 22.2 Å². The van der Waals surface area contributed by atoms with Crippen molar-refractivity contribution < 1.29 is 4.74 Å². The topological polar surface area (TPSA) is 67.6 Å². The molecule has 162 valence electrons. The lowest BCUT2D eigenvalue weighted by Gasteiger charge is -2.29. The number of imidazole rings is 1. The lowest BCUT2D eigenvalue weighted by atomic mass is 9.86. The van der Waals surface area contributed by atoms with Gasteiger partial charge in [-0.1, -0.05) is 12.5 Å². The minimum absolute atomic E-state index is 0.209. The molecule has 2 unspecified atom stereocenters. The predicted molar refractivity (Wildman–Crippen MR) is 125 cm³/mol. The van der Waals surface area contributed by atoms with E-state index in [1.54, 1.807) is 24.8 Å². The Balaban J connectivity index is 1.37. The number of hydrogen-bond donors (Lipinski definition) is 1. The fraction of sp³-hybridized carbons (Fsp3) is 0.435. The van der Waals surface area contributed by atoms with E-state index >= 15 is 0 Å². The molecule has 0 saturated heterocycles. The summed E-state index contributed by atoms with van der Waals surface area (Å²) in [5.41, 5.74) is 5.28. The van der Waals surface area contributed by atoms with Gasteiger partial charge in [-0.3, -0.25) is 5.01 Å². The molecule has 1 aromatic carbocycles. The molecule has 0 radical (unpaired) electrons. The summed E-state index contributed by atoms with van der Waals surface area (Å²) in [6.07, 6.45) is 8.89. The van der Waals surface area contributed by atoms with Gasteiger partial charge >= 0.3 is 0 Å². The zero-order chi connectivity index (χ0) is 21.4. The van der Waals surface area contributed by atoms with Crippen molar-refractivity contribution in [1.82, 2.24) is 19.5 Å². The number of aryl methyl sites for hydroxylation is 1. The summed E-state index contributed by atoms with van der Waals surface area (Å²) >= 11 is 1.64. The van der Waals surface area contributed by atoms with Crippen molar-refractivity contribution in [2.75, 3.05) is 19.0 Å². The number of ether oxygens (including phenoxy) is 1. The van der Waals surface area contributed by atoms with Crippen molar-refractivity contribution in [3.8, 4) is 22.7 Å². The first-order chi connectivity index (χ1) is 15.2. The Morgan fingerprint density at radius 3 is 2.97 bits per heavy atom. The van der Waals surface area contributed by atoms with Gasteiger partial charge in [-0.2, -0.15) is 5.10 Å². The number of nitrogens with one attached hydrogen (secondary N) is 1. The van der Waals surface area contributed by atoms with Crippen LogP contribution in [0.3, 0.4) is 0 Å². The van der Waals surface area contributed by atoms with Crippen LogP contribution < -0.4 is 10.1 Å². The number of benzene rings is 1. The number of thiazole rings is 1. The van der Waals surface area contributed by atoms with Crippen LogP contribution in [0.1, 0.15) is 38.3 Å². The van der Waals surface area contributed by atoms with Crippen molar-refractivity contribution in [2.24, 2.45) is 11.0 Å². The molecular weight excluding hydrogens is 408 g/mol. The second kappa shape index (κ2) is 8.34. The van der Waals surface area contributed by atoms with Gasteiger partial charge in [0.2, 0.25) is 0 Å². The van der Waals surface area contributed by atoms with E-state index in [9.17, 15) is 0 Å². The van der Waals surface area contributed by atoms with Crippen LogP contribution in [-0.4, -0.2) is 45.1 Å². The first-order valence-electron chi connectivity index (χ1n) is 10.9. The number of hydrazone groups is 1. The largest absolute Gasteiger partial charge is 0.495 e. The van der Waals surface area contributed by atoms with Gasteiger partial charge in [0.15, 0.2) is 5.13 Å². The van der Waals surface area contributed by atoms with Crippen molar-refractivity contribution in [1.29, 1.82) is 0 Å². The van der Waals surface area contributed by atoms with Gasteiger partial charge in [-0.25, -0.2) is 9.97 Å². The lowest BCUT2D eigenvalue weighted by molar-refractivity contribution is 0.227. The summed E-state index contributed by atoms with van der Waals surface area (Å²) < 4.78 is 7.64. The minimum Gasteiger partial charge on any atom is -0.495 e. The van der Waals surface area contributed by atoms with Gasteiger partial charge in [0.25, 0.3) is 0 Å². The third-order valence-corrected chi connectivity index (χ3v) is 6.92. The van der Waals surface area contributed by atoms with Crippen molar-refractivity contribution in [3.05, 3.63) is 41.8 Å². The lowest BCUT2D eigenvalue weighted by Crippen LogP contribution is -2.40. The maximum atomic E-state index is 5.66. The molecule has 2 atom stereocenters. The summed E-state index contributed by atoms with van der Waals surface area (Å²) in [6.45, 7) is 5.05. The van der Waals surface area contributed by atoms with Gasteiger partial charge in [-0.05, 0) is 45.2 Å². The zero-order valence-corrected chi connectivity index (χ0v) is 19.0. The molecule has 2 aliphatic rings. The number of aromatic nitrogens is 3. The Hall–Kier alpha value is -2.87. The average Bonchev–Trinajstić information content (AvgIpc) is 3.52. The number of rotatable bonds is 6. The Kier molecular flexibility index (Phi) is 5.40. The van der Waals surface area contributed by atoms with Gasteiger partial charge < -0.3 is 14.6 Å². The SMILES string of the molecule is CCN1N=C2CCCCC2C1Nc1nc(-c2ccc(-n3cnc(C)c3)c(OC)c2)cs1. The normalized spacial score (nSPS) is 20.5. The molecule has 7 nitrogen and oxygen atoms in total. The monoisotopic (exact) mass is 436 g/mol. The Labute approximate surface area is 186 Å². The quantitative estimate of drug-likeness (QED) is 0.593. The molecule has 1 saturated carbocycles. The Morgan fingerprint density at radius 2 is 2.19 bits per heavy atom. The molecule has 1 fully saturated rings.